The summed E-state index contributed by atoms with van der Waals surface area (Å²) in [5, 5.41) is 13.3. The highest BCUT2D eigenvalue weighted by Crippen LogP contribution is 2.34. The Morgan fingerprint density at radius 2 is 1.16 bits per heavy atom. The van der Waals surface area contributed by atoms with E-state index in [2.05, 4.69) is 47.0 Å². The number of halogens is 1. The smallest absolute Gasteiger partial charge is 0.250 e. The molecule has 0 saturated heterocycles. The lowest BCUT2D eigenvalue weighted by Gasteiger charge is -2.36. The first kappa shape index (κ1) is 50.1. The lowest BCUT2D eigenvalue weighted by Crippen LogP contribution is -2.51. The molecule has 0 radical (unpaired) electrons. The fourth-order valence-corrected chi connectivity index (χ4v) is 8.85. The first-order valence-electron chi connectivity index (χ1n) is 22.7. The number of rotatable bonds is 17. The van der Waals surface area contributed by atoms with Crippen LogP contribution in [0.5, 0.6) is 0 Å². The Bertz CT molecular complexity index is 1710. The maximum Gasteiger partial charge on any atom is 0.250 e. The van der Waals surface area contributed by atoms with Crippen molar-refractivity contribution >= 4 is 39.6 Å². The minimum atomic E-state index is -0.607. The average Bonchev–Trinajstić information content (AvgIpc) is 3.30. The van der Waals surface area contributed by atoms with Crippen molar-refractivity contribution in [1.29, 1.82) is 0 Å². The van der Waals surface area contributed by atoms with Crippen molar-refractivity contribution in [2.24, 2.45) is 17.8 Å². The van der Waals surface area contributed by atoms with Crippen LogP contribution < -0.4 is 21.3 Å². The van der Waals surface area contributed by atoms with Gasteiger partial charge in [0.15, 0.2) is 0 Å². The maximum absolute atomic E-state index is 14.0. The number of carbonyl (C=O) groups is 4. The molecule has 0 spiro atoms. The van der Waals surface area contributed by atoms with Crippen LogP contribution in [-0.4, -0.2) is 150 Å². The van der Waals surface area contributed by atoms with Gasteiger partial charge in [0.1, 0.15) is 12.4 Å². The van der Waals surface area contributed by atoms with Gasteiger partial charge in [-0.15, -0.1) is 0 Å². The van der Waals surface area contributed by atoms with Crippen molar-refractivity contribution in [2.45, 2.75) is 57.8 Å². The number of fused-ring (bicyclic) bond motifs is 3. The van der Waals surface area contributed by atoms with Gasteiger partial charge in [0.2, 0.25) is 17.7 Å². The molecule has 63 heavy (non-hydrogen) atoms. The van der Waals surface area contributed by atoms with Gasteiger partial charge in [-0.25, -0.2) is 0 Å². The molecule has 5 rings (SSSR count). The third kappa shape index (κ3) is 17.2. The summed E-state index contributed by atoms with van der Waals surface area (Å²) in [6, 6.07) is 19.5. The van der Waals surface area contributed by atoms with E-state index in [1.807, 2.05) is 60.7 Å². The van der Waals surface area contributed by atoms with Crippen molar-refractivity contribution < 1.29 is 42.9 Å². The zero-order valence-electron chi connectivity index (χ0n) is 37.0. The fourth-order valence-electron chi connectivity index (χ4n) is 8.35. The van der Waals surface area contributed by atoms with Crippen LogP contribution in [-0.2, 0) is 56.1 Å². The summed E-state index contributed by atoms with van der Waals surface area (Å²) >= 11 is 3.56. The van der Waals surface area contributed by atoms with Gasteiger partial charge in [-0.1, -0.05) is 83.0 Å². The molecule has 1 fully saturated rings. The number of benzene rings is 2. The van der Waals surface area contributed by atoms with Crippen molar-refractivity contribution in [1.82, 2.24) is 31.1 Å². The minimum absolute atomic E-state index is 0.118. The second-order valence-electron chi connectivity index (χ2n) is 16.2. The van der Waals surface area contributed by atoms with E-state index in [4.69, 9.17) is 23.7 Å². The van der Waals surface area contributed by atoms with E-state index in [0.29, 0.717) is 149 Å². The van der Waals surface area contributed by atoms with Gasteiger partial charge < -0.3 is 45.0 Å². The van der Waals surface area contributed by atoms with E-state index in [0.717, 1.165) is 22.9 Å². The molecule has 348 valence electrons. The molecule has 1 aliphatic heterocycles. The molecule has 2 aliphatic carbocycles. The standard InChI is InChI=1S/C47H69BrN6O9/c1-59-30-31-61-33-32-60-29-28-54-26-21-51-46(57)40-16-8-14-38(42(40)62-34-36-10-4-2-5-11-36)44(55)49-19-24-53(23-18-48)25-20-50-45(56)39-15-9-17-41(47(58)52-22-27-54)43(39)63-35-37-12-6-3-7-13-37/h2-7,10-13,38-40,42H,8-9,14-35H2,1H3,(H,49,55)(H,50,56)(H,51,57)(H,52,58). The first-order valence-corrected chi connectivity index (χ1v) is 23.8. The maximum atomic E-state index is 14.0. The molecule has 4 N–H and O–H groups in total. The molecular formula is C47H69BrN6O9. The Balaban J connectivity index is 1.34. The number of carbonyl (C=O) groups excluding carboxylic acids is 4. The molecule has 4 atom stereocenters. The predicted octanol–water partition coefficient (Wildman–Crippen LogP) is 3.42. The number of nitrogens with zero attached hydrogens (tertiary/aromatic N) is 2. The van der Waals surface area contributed by atoms with Crippen LogP contribution in [0.1, 0.15) is 49.7 Å². The van der Waals surface area contributed by atoms with Crippen molar-refractivity contribution in [3.05, 3.63) is 83.1 Å². The van der Waals surface area contributed by atoms with E-state index in [9.17, 15) is 19.2 Å². The zero-order valence-corrected chi connectivity index (χ0v) is 38.6. The van der Waals surface area contributed by atoms with Crippen LogP contribution in [0.3, 0.4) is 0 Å². The summed E-state index contributed by atoms with van der Waals surface area (Å²) < 4.78 is 29.4. The van der Waals surface area contributed by atoms with Gasteiger partial charge in [-0.05, 0) is 43.2 Å². The number of hydrogen-bond donors (Lipinski definition) is 4. The molecular weight excluding hydrogens is 872 g/mol. The molecule has 4 bridgehead atoms. The molecule has 0 aromatic heterocycles. The third-order valence-electron chi connectivity index (χ3n) is 11.8. The number of methoxy groups -OCH3 is 1. The molecule has 2 aromatic rings. The Morgan fingerprint density at radius 3 is 1.76 bits per heavy atom. The van der Waals surface area contributed by atoms with Crippen LogP contribution >= 0.6 is 15.9 Å². The third-order valence-corrected chi connectivity index (χ3v) is 12.1. The fraction of sp³-hybridized carbons (Fsp3) is 0.617. The monoisotopic (exact) mass is 940 g/mol. The van der Waals surface area contributed by atoms with Crippen LogP contribution in [0.25, 0.3) is 0 Å². The normalized spacial score (nSPS) is 23.2. The highest BCUT2D eigenvalue weighted by Gasteiger charge is 2.42. The molecule has 3 aliphatic rings. The molecule has 1 saturated carbocycles. The lowest BCUT2D eigenvalue weighted by atomic mass is 9.77. The molecule has 15 nitrogen and oxygen atoms in total. The van der Waals surface area contributed by atoms with Crippen LogP contribution in [0.15, 0.2) is 72.0 Å². The zero-order chi connectivity index (χ0) is 44.5. The van der Waals surface area contributed by atoms with E-state index in [-0.39, 0.29) is 30.2 Å². The van der Waals surface area contributed by atoms with Gasteiger partial charge in [-0.3, -0.25) is 29.0 Å². The summed E-state index contributed by atoms with van der Waals surface area (Å²) in [5.41, 5.74) is 2.41. The van der Waals surface area contributed by atoms with Crippen LogP contribution in [0.4, 0.5) is 0 Å². The van der Waals surface area contributed by atoms with Crippen molar-refractivity contribution in [3.63, 3.8) is 0 Å². The Labute approximate surface area is 381 Å². The van der Waals surface area contributed by atoms with Gasteiger partial charge in [-0.2, -0.15) is 0 Å². The lowest BCUT2D eigenvalue weighted by molar-refractivity contribution is -0.145. The minimum Gasteiger partial charge on any atom is -0.492 e. The van der Waals surface area contributed by atoms with Gasteiger partial charge in [0, 0.05) is 77.9 Å². The molecule has 4 unspecified atom stereocenters. The largest absolute Gasteiger partial charge is 0.492 e. The van der Waals surface area contributed by atoms with Crippen LogP contribution in [0.2, 0.25) is 0 Å². The van der Waals surface area contributed by atoms with E-state index < -0.39 is 23.9 Å². The first-order chi connectivity index (χ1) is 30.9. The summed E-state index contributed by atoms with van der Waals surface area (Å²) in [5.74, 6) is -1.85. The second-order valence-corrected chi connectivity index (χ2v) is 17.0. The van der Waals surface area contributed by atoms with Gasteiger partial charge in [0.25, 0.3) is 5.91 Å². The summed E-state index contributed by atoms with van der Waals surface area (Å²) in [7, 11) is 1.63. The summed E-state index contributed by atoms with van der Waals surface area (Å²) in [4.78, 5) is 60.2. The molecule has 2 aromatic carbocycles. The van der Waals surface area contributed by atoms with Gasteiger partial charge >= 0.3 is 0 Å². The average molecular weight is 942 g/mol. The highest BCUT2D eigenvalue weighted by molar-refractivity contribution is 9.09. The highest BCUT2D eigenvalue weighted by atomic mass is 79.9. The number of hydrogen-bond acceptors (Lipinski definition) is 11. The molecule has 4 amide bonds. The number of alkyl halides is 1. The number of nitrogens with one attached hydrogen (secondary N) is 4. The molecule has 1 heterocycles. The Morgan fingerprint density at radius 1 is 0.619 bits per heavy atom. The van der Waals surface area contributed by atoms with Gasteiger partial charge in [0.05, 0.1) is 69.1 Å². The SMILES string of the molecule is COCCOCCOCCN1CCNC(=O)C2=C(OCc3ccccc3)C(CCC2)C(=O)NCCN(CCBr)CCNC(=O)C2CCCC(C(=O)NCC1)C2OCc1ccccc1. The van der Waals surface area contributed by atoms with E-state index in [1.165, 1.54) is 0 Å². The number of amides is 4. The predicted molar refractivity (Wildman–Crippen MR) is 244 cm³/mol. The van der Waals surface area contributed by atoms with E-state index >= 15 is 0 Å². The van der Waals surface area contributed by atoms with Crippen molar-refractivity contribution in [2.75, 3.05) is 111 Å². The topological polar surface area (TPSA) is 169 Å². The Hall–Kier alpha value is -3.90. The molecule has 16 heteroatoms. The summed E-state index contributed by atoms with van der Waals surface area (Å²) in [6.45, 7) is 7.72. The Kier molecular flexibility index (Phi) is 22.9. The van der Waals surface area contributed by atoms with E-state index in [1.54, 1.807) is 7.11 Å². The van der Waals surface area contributed by atoms with Crippen molar-refractivity contribution in [3.8, 4) is 0 Å². The van der Waals surface area contributed by atoms with Crippen LogP contribution in [0, 0.1) is 17.8 Å². The quantitative estimate of drug-likeness (QED) is 0.136. The number of ether oxygens (including phenoxy) is 5. The second kappa shape index (κ2) is 28.8. The summed E-state index contributed by atoms with van der Waals surface area (Å²) in [6.07, 6.45) is 3.11.